The molecule has 6 nitrogen and oxygen atoms in total. The van der Waals surface area contributed by atoms with E-state index in [1.54, 1.807) is 18.2 Å². The number of benzene rings is 3. The first-order valence-corrected chi connectivity index (χ1v) is 10.6. The molecule has 0 saturated carbocycles. The second kappa shape index (κ2) is 8.30. The number of anilines is 1. The third-order valence-corrected chi connectivity index (χ3v) is 6.75. The zero-order valence-electron chi connectivity index (χ0n) is 15.3. The first kappa shape index (κ1) is 20.3. The Morgan fingerprint density at radius 2 is 1.71 bits per heavy atom. The molecule has 0 fully saturated rings. The minimum atomic E-state index is -3.50. The number of carbonyl (C=O) groups is 1. The number of ether oxygens (including phenoxy) is 1. The highest BCUT2D eigenvalue weighted by Gasteiger charge is 2.17. The summed E-state index contributed by atoms with van der Waals surface area (Å²) in [7, 11) is -0.569. The van der Waals surface area contributed by atoms with Gasteiger partial charge in [-0.1, -0.05) is 30.3 Å². The van der Waals surface area contributed by atoms with Crippen molar-refractivity contribution in [3.05, 3.63) is 65.1 Å². The highest BCUT2D eigenvalue weighted by Crippen LogP contribution is 2.33. The minimum absolute atomic E-state index is 0.159. The molecule has 8 heteroatoms. The van der Waals surface area contributed by atoms with Crippen LogP contribution >= 0.6 is 15.9 Å². The van der Waals surface area contributed by atoms with Crippen molar-refractivity contribution in [1.29, 1.82) is 0 Å². The molecule has 0 bridgehead atoms. The predicted molar refractivity (Wildman–Crippen MR) is 113 cm³/mol. The van der Waals surface area contributed by atoms with Gasteiger partial charge in [0.1, 0.15) is 5.75 Å². The fourth-order valence-electron chi connectivity index (χ4n) is 2.59. The van der Waals surface area contributed by atoms with Crippen molar-refractivity contribution in [3.63, 3.8) is 0 Å². The Morgan fingerprint density at radius 3 is 2.39 bits per heavy atom. The summed E-state index contributed by atoms with van der Waals surface area (Å²) in [5, 5.41) is 4.76. The Hall–Kier alpha value is -2.42. The van der Waals surface area contributed by atoms with Crippen LogP contribution < -0.4 is 10.1 Å². The number of rotatable bonds is 6. The maximum Gasteiger partial charge on any atom is 0.262 e. The Bertz CT molecular complexity index is 1110. The second-order valence-corrected chi connectivity index (χ2v) is 9.19. The molecule has 0 radical (unpaired) electrons. The van der Waals surface area contributed by atoms with E-state index in [1.807, 2.05) is 30.3 Å². The van der Waals surface area contributed by atoms with Crippen molar-refractivity contribution < 1.29 is 17.9 Å². The van der Waals surface area contributed by atoms with E-state index >= 15 is 0 Å². The highest BCUT2D eigenvalue weighted by atomic mass is 79.9. The molecular weight excluding hydrogens is 444 g/mol. The molecule has 0 atom stereocenters. The largest absolute Gasteiger partial charge is 0.483 e. The van der Waals surface area contributed by atoms with Crippen LogP contribution in [0.4, 0.5) is 5.69 Å². The van der Waals surface area contributed by atoms with Crippen molar-refractivity contribution in [2.24, 2.45) is 0 Å². The van der Waals surface area contributed by atoms with Gasteiger partial charge in [-0.2, -0.15) is 0 Å². The van der Waals surface area contributed by atoms with Crippen LogP contribution in [0.3, 0.4) is 0 Å². The Labute approximate surface area is 172 Å². The Kier molecular flexibility index (Phi) is 6.02. The predicted octanol–water partition coefficient (Wildman–Crippen LogP) is 3.87. The fraction of sp³-hybridized carbons (Fsp3) is 0.150. The van der Waals surface area contributed by atoms with Crippen molar-refractivity contribution >= 4 is 48.3 Å². The van der Waals surface area contributed by atoms with Crippen LogP contribution in [0.5, 0.6) is 5.75 Å². The molecule has 0 aromatic heterocycles. The van der Waals surface area contributed by atoms with Gasteiger partial charge in [-0.25, -0.2) is 12.7 Å². The summed E-state index contributed by atoms with van der Waals surface area (Å²) in [6.45, 7) is -0.172. The molecule has 0 aliphatic carbocycles. The van der Waals surface area contributed by atoms with E-state index in [2.05, 4.69) is 21.2 Å². The van der Waals surface area contributed by atoms with E-state index in [1.165, 1.54) is 26.2 Å². The molecule has 1 amide bonds. The first-order chi connectivity index (χ1) is 13.3. The lowest BCUT2D eigenvalue weighted by molar-refractivity contribution is -0.118. The summed E-state index contributed by atoms with van der Waals surface area (Å²) in [5.74, 6) is 0.226. The maximum atomic E-state index is 12.2. The van der Waals surface area contributed by atoms with Gasteiger partial charge in [0.15, 0.2) is 6.61 Å². The van der Waals surface area contributed by atoms with Gasteiger partial charge in [0.25, 0.3) is 5.91 Å². The van der Waals surface area contributed by atoms with Crippen molar-refractivity contribution in [2.45, 2.75) is 4.90 Å². The van der Waals surface area contributed by atoms with Crippen molar-refractivity contribution in [3.8, 4) is 5.75 Å². The van der Waals surface area contributed by atoms with E-state index in [-0.39, 0.29) is 17.4 Å². The maximum absolute atomic E-state index is 12.2. The van der Waals surface area contributed by atoms with Crippen molar-refractivity contribution in [2.75, 3.05) is 26.0 Å². The van der Waals surface area contributed by atoms with Crippen LogP contribution in [-0.2, 0) is 14.8 Å². The molecule has 28 heavy (non-hydrogen) atoms. The van der Waals surface area contributed by atoms with Gasteiger partial charge >= 0.3 is 0 Å². The fourth-order valence-corrected chi connectivity index (χ4v) is 4.10. The number of sulfonamides is 1. The number of nitrogens with zero attached hydrogens (tertiary/aromatic N) is 1. The lowest BCUT2D eigenvalue weighted by Gasteiger charge is -2.12. The molecule has 3 aromatic carbocycles. The Balaban J connectivity index is 1.64. The van der Waals surface area contributed by atoms with Gasteiger partial charge in [-0.3, -0.25) is 4.79 Å². The quantitative estimate of drug-likeness (QED) is 0.603. The van der Waals surface area contributed by atoms with Crippen LogP contribution in [0.2, 0.25) is 0 Å². The normalized spacial score (nSPS) is 11.6. The average Bonchev–Trinajstić information content (AvgIpc) is 2.68. The summed E-state index contributed by atoms with van der Waals surface area (Å²) in [4.78, 5) is 12.3. The molecule has 0 spiro atoms. The van der Waals surface area contributed by atoms with E-state index in [0.29, 0.717) is 11.4 Å². The SMILES string of the molecule is CN(C)S(=O)(=O)c1ccc(NC(=O)COc2ccc3ccccc3c2Br)cc1. The van der Waals surface area contributed by atoms with E-state index < -0.39 is 10.0 Å². The standard InChI is InChI=1S/C20H19BrN2O4S/c1-23(2)28(25,26)16-10-8-15(9-11-16)22-19(24)13-27-18-12-7-14-5-3-4-6-17(14)20(18)21/h3-12H,13H2,1-2H3,(H,22,24). The second-order valence-electron chi connectivity index (χ2n) is 6.25. The summed E-state index contributed by atoms with van der Waals surface area (Å²) >= 11 is 3.52. The molecule has 1 N–H and O–H groups in total. The summed E-state index contributed by atoms with van der Waals surface area (Å²) in [5.41, 5.74) is 0.490. The van der Waals surface area contributed by atoms with Gasteiger partial charge in [0, 0.05) is 19.8 Å². The zero-order valence-corrected chi connectivity index (χ0v) is 17.7. The monoisotopic (exact) mass is 462 g/mol. The molecule has 0 aliphatic rings. The van der Waals surface area contributed by atoms with Crippen LogP contribution in [0.15, 0.2) is 70.0 Å². The molecule has 0 aliphatic heterocycles. The summed E-state index contributed by atoms with van der Waals surface area (Å²) < 4.78 is 31.7. The summed E-state index contributed by atoms with van der Waals surface area (Å²) in [6.07, 6.45) is 0. The number of hydrogen-bond acceptors (Lipinski definition) is 4. The molecular formula is C20H19BrN2O4S. The minimum Gasteiger partial charge on any atom is -0.483 e. The molecule has 3 rings (SSSR count). The molecule has 0 saturated heterocycles. The smallest absolute Gasteiger partial charge is 0.262 e. The van der Waals surface area contributed by atoms with Crippen molar-refractivity contribution in [1.82, 2.24) is 4.31 Å². The van der Waals surface area contributed by atoms with E-state index in [9.17, 15) is 13.2 Å². The number of carbonyl (C=O) groups excluding carboxylic acids is 1. The summed E-state index contributed by atoms with van der Waals surface area (Å²) in [6, 6.07) is 17.6. The lowest BCUT2D eigenvalue weighted by atomic mass is 10.1. The van der Waals surface area contributed by atoms with Gasteiger partial charge < -0.3 is 10.1 Å². The van der Waals surface area contributed by atoms with Crippen LogP contribution in [-0.4, -0.2) is 39.3 Å². The first-order valence-electron chi connectivity index (χ1n) is 8.41. The molecule has 0 unspecified atom stereocenters. The van der Waals surface area contributed by atoms with Gasteiger partial charge in [0.05, 0.1) is 9.37 Å². The lowest BCUT2D eigenvalue weighted by Crippen LogP contribution is -2.22. The number of amides is 1. The van der Waals surface area contributed by atoms with E-state index in [0.717, 1.165) is 19.6 Å². The van der Waals surface area contributed by atoms with Crippen LogP contribution in [0.1, 0.15) is 0 Å². The molecule has 3 aromatic rings. The average molecular weight is 463 g/mol. The third kappa shape index (κ3) is 4.35. The van der Waals surface area contributed by atoms with Crippen LogP contribution in [0, 0.1) is 0 Å². The van der Waals surface area contributed by atoms with E-state index in [4.69, 9.17) is 4.74 Å². The molecule has 0 heterocycles. The van der Waals surface area contributed by atoms with Crippen LogP contribution in [0.25, 0.3) is 10.8 Å². The number of fused-ring (bicyclic) bond motifs is 1. The van der Waals surface area contributed by atoms with Gasteiger partial charge in [-0.05, 0) is 57.0 Å². The van der Waals surface area contributed by atoms with Gasteiger partial charge in [-0.15, -0.1) is 0 Å². The Morgan fingerprint density at radius 1 is 1.04 bits per heavy atom. The number of halogens is 1. The topological polar surface area (TPSA) is 75.7 Å². The van der Waals surface area contributed by atoms with Gasteiger partial charge in [0.2, 0.25) is 10.0 Å². The number of nitrogens with one attached hydrogen (secondary N) is 1. The third-order valence-electron chi connectivity index (χ3n) is 4.10. The number of hydrogen-bond donors (Lipinski definition) is 1. The molecule has 146 valence electrons. The zero-order chi connectivity index (χ0) is 20.3. The highest BCUT2D eigenvalue weighted by molar-refractivity contribution is 9.10.